The lowest BCUT2D eigenvalue weighted by atomic mass is 10.2. The van der Waals surface area contributed by atoms with Gasteiger partial charge in [-0.2, -0.15) is 13.2 Å². The van der Waals surface area contributed by atoms with Crippen LogP contribution in [0.5, 0.6) is 5.75 Å². The normalized spacial score (nSPS) is 12.2. The van der Waals surface area contributed by atoms with Crippen LogP contribution in [0.15, 0.2) is 35.2 Å². The van der Waals surface area contributed by atoms with Crippen LogP contribution in [0.4, 0.5) is 18.9 Å². The molecule has 2 rings (SSSR count). The first-order valence-corrected chi connectivity index (χ1v) is 8.54. The number of nitrogens with one attached hydrogen (secondary N) is 1. The van der Waals surface area contributed by atoms with E-state index in [1.165, 1.54) is 12.1 Å². The Labute approximate surface area is 145 Å². The third-order valence-corrected chi connectivity index (χ3v) is 5.31. The summed E-state index contributed by atoms with van der Waals surface area (Å²) in [6.07, 6.45) is -4.75. The number of hydrogen-bond acceptors (Lipinski definition) is 3. The minimum absolute atomic E-state index is 0.144. The number of halogens is 5. The van der Waals surface area contributed by atoms with E-state index < -0.39 is 27.5 Å². The van der Waals surface area contributed by atoms with Gasteiger partial charge in [0.15, 0.2) is 0 Å². The van der Waals surface area contributed by atoms with Crippen LogP contribution < -0.4 is 4.72 Å². The van der Waals surface area contributed by atoms with Crippen molar-refractivity contribution in [1.29, 1.82) is 0 Å². The van der Waals surface area contributed by atoms with Gasteiger partial charge in [-0.1, -0.05) is 23.2 Å². The van der Waals surface area contributed by atoms with Crippen molar-refractivity contribution in [3.8, 4) is 5.75 Å². The maximum Gasteiger partial charge on any atom is 0.419 e. The van der Waals surface area contributed by atoms with Crippen molar-refractivity contribution in [2.24, 2.45) is 0 Å². The van der Waals surface area contributed by atoms with E-state index in [0.717, 1.165) is 6.07 Å². The number of hydrogen-bond donors (Lipinski definition) is 2. The number of aromatic hydroxyl groups is 1. The van der Waals surface area contributed by atoms with Crippen LogP contribution in [0, 0.1) is 6.92 Å². The van der Waals surface area contributed by atoms with E-state index in [2.05, 4.69) is 4.72 Å². The molecule has 0 bridgehead atoms. The number of benzene rings is 2. The Balaban J connectivity index is 2.40. The van der Waals surface area contributed by atoms with E-state index in [4.69, 9.17) is 23.2 Å². The lowest BCUT2D eigenvalue weighted by Crippen LogP contribution is -2.14. The molecule has 2 N–H and O–H groups in total. The summed E-state index contributed by atoms with van der Waals surface area (Å²) >= 11 is 11.7. The van der Waals surface area contributed by atoms with Gasteiger partial charge in [-0.25, -0.2) is 8.42 Å². The van der Waals surface area contributed by atoms with Crippen LogP contribution in [0.2, 0.25) is 10.0 Å². The first kappa shape index (κ1) is 18.7. The number of phenolic OH excluding ortho intramolecular Hbond substituents is 1. The molecule has 10 heteroatoms. The summed E-state index contributed by atoms with van der Waals surface area (Å²) in [5.74, 6) is -1.10. The molecule has 0 aliphatic heterocycles. The van der Waals surface area contributed by atoms with Crippen molar-refractivity contribution < 1.29 is 26.7 Å². The van der Waals surface area contributed by atoms with Crippen molar-refractivity contribution in [3.63, 3.8) is 0 Å². The summed E-state index contributed by atoms with van der Waals surface area (Å²) in [5, 5.41) is 9.56. The summed E-state index contributed by atoms with van der Waals surface area (Å²) in [5.41, 5.74) is -1.06. The second-order valence-electron chi connectivity index (χ2n) is 4.87. The summed E-state index contributed by atoms with van der Waals surface area (Å²) in [7, 11) is -4.18. The number of alkyl halides is 3. The molecule has 24 heavy (non-hydrogen) atoms. The van der Waals surface area contributed by atoms with E-state index >= 15 is 0 Å². The van der Waals surface area contributed by atoms with Gasteiger partial charge in [0.25, 0.3) is 10.0 Å². The molecule has 0 amide bonds. The minimum Gasteiger partial charge on any atom is -0.507 e. The van der Waals surface area contributed by atoms with Crippen LogP contribution in [0.25, 0.3) is 0 Å². The lowest BCUT2D eigenvalue weighted by Gasteiger charge is -2.13. The molecule has 2 aromatic rings. The SMILES string of the molecule is Cc1cc(S(=O)(=O)Nc2ccc(C(F)(F)F)c(O)c2)c(Cl)cc1Cl. The molecule has 2 aromatic carbocycles. The second-order valence-corrected chi connectivity index (χ2v) is 7.33. The van der Waals surface area contributed by atoms with E-state index in [0.29, 0.717) is 17.7 Å². The zero-order chi connectivity index (χ0) is 18.3. The fourth-order valence-electron chi connectivity index (χ4n) is 1.88. The van der Waals surface area contributed by atoms with Crippen molar-refractivity contribution in [1.82, 2.24) is 0 Å². The van der Waals surface area contributed by atoms with Gasteiger partial charge in [-0.05, 0) is 36.8 Å². The maximum atomic E-state index is 12.6. The zero-order valence-electron chi connectivity index (χ0n) is 11.9. The van der Waals surface area contributed by atoms with Crippen molar-refractivity contribution in [2.75, 3.05) is 4.72 Å². The third-order valence-electron chi connectivity index (χ3n) is 3.06. The van der Waals surface area contributed by atoms with Crippen molar-refractivity contribution >= 4 is 38.9 Å². The average Bonchev–Trinajstić information content (AvgIpc) is 2.40. The highest BCUT2D eigenvalue weighted by atomic mass is 35.5. The topological polar surface area (TPSA) is 66.4 Å². The number of sulfonamides is 1. The molecule has 0 aromatic heterocycles. The monoisotopic (exact) mass is 399 g/mol. The molecular weight excluding hydrogens is 390 g/mol. The van der Waals surface area contributed by atoms with Crippen LogP contribution in [0.1, 0.15) is 11.1 Å². The van der Waals surface area contributed by atoms with Crippen LogP contribution in [-0.4, -0.2) is 13.5 Å². The molecule has 0 saturated carbocycles. The molecule has 0 radical (unpaired) electrons. The molecular formula is C14H10Cl2F3NO3S. The Morgan fingerprint density at radius 1 is 1.08 bits per heavy atom. The van der Waals surface area contributed by atoms with Gasteiger partial charge in [0.2, 0.25) is 0 Å². The smallest absolute Gasteiger partial charge is 0.419 e. The number of aryl methyl sites for hydroxylation is 1. The van der Waals surface area contributed by atoms with E-state index in [1.54, 1.807) is 6.92 Å². The predicted molar refractivity (Wildman–Crippen MR) is 85.1 cm³/mol. The number of rotatable bonds is 3. The Kier molecular flexibility index (Phi) is 4.94. The molecule has 0 unspecified atom stereocenters. The maximum absolute atomic E-state index is 12.6. The van der Waals surface area contributed by atoms with Gasteiger partial charge in [0.1, 0.15) is 10.6 Å². The van der Waals surface area contributed by atoms with Gasteiger partial charge < -0.3 is 5.11 Å². The third kappa shape index (κ3) is 3.88. The highest BCUT2D eigenvalue weighted by Crippen LogP contribution is 2.37. The van der Waals surface area contributed by atoms with Gasteiger partial charge in [0.05, 0.1) is 16.3 Å². The molecule has 0 aliphatic rings. The van der Waals surface area contributed by atoms with Gasteiger partial charge in [-0.3, -0.25) is 4.72 Å². The summed E-state index contributed by atoms with van der Waals surface area (Å²) in [4.78, 5) is -0.287. The first-order valence-electron chi connectivity index (χ1n) is 6.30. The Bertz CT molecular complexity index is 899. The first-order chi connectivity index (χ1) is 10.9. The van der Waals surface area contributed by atoms with Crippen molar-refractivity contribution in [2.45, 2.75) is 18.0 Å². The van der Waals surface area contributed by atoms with Crippen LogP contribution in [-0.2, 0) is 16.2 Å². The molecule has 4 nitrogen and oxygen atoms in total. The van der Waals surface area contributed by atoms with Crippen molar-refractivity contribution in [3.05, 3.63) is 51.5 Å². The molecule has 0 atom stereocenters. The van der Waals surface area contributed by atoms with Crippen LogP contribution >= 0.6 is 23.2 Å². The van der Waals surface area contributed by atoms with E-state index in [-0.39, 0.29) is 20.6 Å². The summed E-state index contributed by atoms with van der Waals surface area (Å²) in [6.45, 7) is 1.57. The second kappa shape index (κ2) is 6.34. The zero-order valence-corrected chi connectivity index (χ0v) is 14.3. The van der Waals surface area contributed by atoms with Crippen LogP contribution in [0.3, 0.4) is 0 Å². The Morgan fingerprint density at radius 3 is 2.25 bits per heavy atom. The van der Waals surface area contributed by atoms with Gasteiger partial charge in [0, 0.05) is 11.1 Å². The Hall–Kier alpha value is -1.64. The van der Waals surface area contributed by atoms with E-state index in [9.17, 15) is 26.7 Å². The van der Waals surface area contributed by atoms with E-state index in [1.807, 2.05) is 0 Å². The Morgan fingerprint density at radius 2 is 1.71 bits per heavy atom. The molecule has 130 valence electrons. The van der Waals surface area contributed by atoms with Gasteiger partial charge in [-0.15, -0.1) is 0 Å². The molecule has 0 spiro atoms. The average molecular weight is 400 g/mol. The quantitative estimate of drug-likeness (QED) is 0.776. The number of phenols is 1. The fraction of sp³-hybridized carbons (Fsp3) is 0.143. The minimum atomic E-state index is -4.75. The lowest BCUT2D eigenvalue weighted by molar-refractivity contribution is -0.138. The summed E-state index contributed by atoms with van der Waals surface area (Å²) < 4.78 is 64.5. The predicted octanol–water partition coefficient (Wildman–Crippen LogP) is 4.83. The molecule has 0 heterocycles. The number of anilines is 1. The largest absolute Gasteiger partial charge is 0.507 e. The fourth-order valence-corrected chi connectivity index (χ4v) is 3.76. The standard InChI is InChI=1S/C14H10Cl2F3NO3S/c1-7-4-13(11(16)6-10(7)15)24(22,23)20-8-2-3-9(12(21)5-8)14(17,18)19/h2-6,20-21H,1H3. The molecule has 0 fully saturated rings. The van der Waals surface area contributed by atoms with Gasteiger partial charge >= 0.3 is 6.18 Å². The molecule has 0 aliphatic carbocycles. The highest BCUT2D eigenvalue weighted by Gasteiger charge is 2.34. The summed E-state index contributed by atoms with van der Waals surface area (Å²) in [6, 6.07) is 4.60. The molecule has 0 saturated heterocycles. The highest BCUT2D eigenvalue weighted by molar-refractivity contribution is 7.92.